The molecule has 0 aliphatic rings. The van der Waals surface area contributed by atoms with Crippen LogP contribution in [-0.4, -0.2) is 11.9 Å². The summed E-state index contributed by atoms with van der Waals surface area (Å²) in [7, 11) is 0. The molecule has 0 bridgehead atoms. The highest BCUT2D eigenvalue weighted by atomic mass is 16.1. The molecule has 3 heteroatoms. The van der Waals surface area contributed by atoms with Gasteiger partial charge in [0, 0.05) is 11.6 Å². The molecule has 1 rings (SSSR count). The van der Waals surface area contributed by atoms with E-state index in [1.54, 1.807) is 6.07 Å². The molecule has 0 aliphatic carbocycles. The van der Waals surface area contributed by atoms with E-state index in [9.17, 15) is 4.79 Å². The van der Waals surface area contributed by atoms with Gasteiger partial charge in [0.2, 0.25) is 5.91 Å². The van der Waals surface area contributed by atoms with Crippen LogP contribution in [0.1, 0.15) is 50.0 Å². The number of hydrogen-bond acceptors (Lipinski definition) is 2. The molecule has 3 nitrogen and oxygen atoms in total. The zero-order chi connectivity index (χ0) is 16.0. The first-order valence-electron chi connectivity index (χ1n) is 7.25. The third-order valence-corrected chi connectivity index (χ3v) is 3.84. The molecule has 21 heavy (non-hydrogen) atoms. The third kappa shape index (κ3) is 5.56. The zero-order valence-corrected chi connectivity index (χ0v) is 13.4. The molecule has 0 saturated heterocycles. The number of nitrogens with two attached hydrogens (primary N) is 2. The van der Waals surface area contributed by atoms with E-state index >= 15 is 0 Å². The number of carbonyl (C=O) groups excluding carboxylic acids is 1. The molecule has 0 radical (unpaired) electrons. The van der Waals surface area contributed by atoms with E-state index < -0.39 is 5.91 Å². The number of allylic oxidation sites excluding steroid dienone is 2. The maximum absolute atomic E-state index is 11.2. The molecule has 1 amide bonds. The Balaban J connectivity index is 2.73. The first kappa shape index (κ1) is 17.2. The Morgan fingerprint density at radius 1 is 1.24 bits per heavy atom. The van der Waals surface area contributed by atoms with Gasteiger partial charge >= 0.3 is 0 Å². The zero-order valence-electron chi connectivity index (χ0n) is 13.4. The summed E-state index contributed by atoms with van der Waals surface area (Å²) in [5, 5.41) is 0. The third-order valence-electron chi connectivity index (χ3n) is 3.84. The first-order chi connectivity index (χ1) is 9.81. The van der Waals surface area contributed by atoms with E-state index in [4.69, 9.17) is 11.5 Å². The van der Waals surface area contributed by atoms with Gasteiger partial charge in [-0.3, -0.25) is 4.79 Å². The topological polar surface area (TPSA) is 69.1 Å². The van der Waals surface area contributed by atoms with Gasteiger partial charge in [-0.2, -0.15) is 0 Å². The Morgan fingerprint density at radius 2 is 1.90 bits per heavy atom. The Hall–Kier alpha value is -1.87. The van der Waals surface area contributed by atoms with Crippen LogP contribution in [-0.2, 0) is 6.42 Å². The summed E-state index contributed by atoms with van der Waals surface area (Å²) in [6, 6.07) is 7.44. The van der Waals surface area contributed by atoms with E-state index in [-0.39, 0.29) is 6.04 Å². The van der Waals surface area contributed by atoms with E-state index in [0.717, 1.165) is 18.4 Å². The lowest BCUT2D eigenvalue weighted by molar-refractivity contribution is 0.1000. The van der Waals surface area contributed by atoms with E-state index in [2.05, 4.69) is 33.8 Å². The minimum Gasteiger partial charge on any atom is -0.366 e. The van der Waals surface area contributed by atoms with E-state index in [1.165, 1.54) is 16.7 Å². The van der Waals surface area contributed by atoms with Crippen molar-refractivity contribution in [3.8, 4) is 0 Å². The predicted molar refractivity (Wildman–Crippen MR) is 89.1 cm³/mol. The van der Waals surface area contributed by atoms with Crippen molar-refractivity contribution in [1.82, 2.24) is 0 Å². The molecular formula is C18H26N2O. The minimum atomic E-state index is -0.395. The summed E-state index contributed by atoms with van der Waals surface area (Å²) in [6.45, 7) is 8.40. The number of primary amides is 1. The molecule has 0 aliphatic heterocycles. The lowest BCUT2D eigenvalue weighted by Gasteiger charge is -2.14. The van der Waals surface area contributed by atoms with Crippen LogP contribution in [0.2, 0.25) is 0 Å². The van der Waals surface area contributed by atoms with Crippen molar-refractivity contribution >= 4 is 5.91 Å². The molecule has 114 valence electrons. The van der Waals surface area contributed by atoms with Gasteiger partial charge in [0.25, 0.3) is 0 Å². The molecule has 0 spiro atoms. The molecule has 1 aromatic rings. The summed E-state index contributed by atoms with van der Waals surface area (Å²) in [5.41, 5.74) is 17.0. The van der Waals surface area contributed by atoms with Gasteiger partial charge in [0.15, 0.2) is 0 Å². The van der Waals surface area contributed by atoms with Gasteiger partial charge in [-0.25, -0.2) is 0 Å². The van der Waals surface area contributed by atoms with Gasteiger partial charge in [-0.1, -0.05) is 34.9 Å². The lowest BCUT2D eigenvalue weighted by atomic mass is 9.97. The Morgan fingerprint density at radius 3 is 2.48 bits per heavy atom. The first-order valence-corrected chi connectivity index (χ1v) is 7.25. The molecule has 1 aromatic carbocycles. The van der Waals surface area contributed by atoms with Gasteiger partial charge in [0.05, 0.1) is 0 Å². The minimum absolute atomic E-state index is 0.0409. The molecule has 0 saturated carbocycles. The normalized spacial score (nSPS) is 12.9. The number of benzene rings is 1. The molecular weight excluding hydrogens is 260 g/mol. The summed E-state index contributed by atoms with van der Waals surface area (Å²) in [4.78, 5) is 11.2. The second-order valence-electron chi connectivity index (χ2n) is 5.81. The lowest BCUT2D eigenvalue weighted by Crippen LogP contribution is -2.22. The largest absolute Gasteiger partial charge is 0.366 e. The second-order valence-corrected chi connectivity index (χ2v) is 5.81. The van der Waals surface area contributed by atoms with Crippen molar-refractivity contribution in [3.05, 3.63) is 58.2 Å². The van der Waals surface area contributed by atoms with Gasteiger partial charge in [0.1, 0.15) is 0 Å². The highest BCUT2D eigenvalue weighted by Gasteiger charge is 2.07. The van der Waals surface area contributed by atoms with Crippen molar-refractivity contribution in [3.63, 3.8) is 0 Å². The van der Waals surface area contributed by atoms with Crippen molar-refractivity contribution < 1.29 is 4.79 Å². The molecule has 0 aromatic heterocycles. The standard InChI is InChI=1S/C18H26N2O/c1-12(2)14(4)10-17(19)13(3)8-9-15-6-5-7-16(11-15)18(20)21/h5-8,11,17H,9-10,19H2,1-4H3,(H2,20,21)/b13-8+. The number of carbonyl (C=O) groups is 1. The second kappa shape index (κ2) is 7.79. The van der Waals surface area contributed by atoms with Crippen LogP contribution in [0.4, 0.5) is 0 Å². The average molecular weight is 286 g/mol. The van der Waals surface area contributed by atoms with Crippen LogP contribution >= 0.6 is 0 Å². The number of hydrogen-bond donors (Lipinski definition) is 2. The van der Waals surface area contributed by atoms with Gasteiger partial charge < -0.3 is 11.5 Å². The van der Waals surface area contributed by atoms with E-state index in [1.807, 2.05) is 18.2 Å². The fraction of sp³-hybridized carbons (Fsp3) is 0.389. The summed E-state index contributed by atoms with van der Waals surface area (Å²) < 4.78 is 0. The average Bonchev–Trinajstić information content (AvgIpc) is 2.44. The van der Waals surface area contributed by atoms with Crippen LogP contribution in [0.3, 0.4) is 0 Å². The molecule has 1 unspecified atom stereocenters. The summed E-state index contributed by atoms with van der Waals surface area (Å²) in [5.74, 6) is -0.395. The Bertz CT molecular complexity index is 566. The monoisotopic (exact) mass is 286 g/mol. The maximum atomic E-state index is 11.2. The fourth-order valence-corrected chi connectivity index (χ4v) is 1.98. The Kier molecular flexibility index (Phi) is 6.38. The summed E-state index contributed by atoms with van der Waals surface area (Å²) in [6.07, 6.45) is 3.77. The Labute approximate surface area is 127 Å². The van der Waals surface area contributed by atoms with Crippen LogP contribution in [0.5, 0.6) is 0 Å². The highest BCUT2D eigenvalue weighted by molar-refractivity contribution is 5.92. The molecule has 0 fully saturated rings. The van der Waals surface area contributed by atoms with Crippen molar-refractivity contribution in [1.29, 1.82) is 0 Å². The van der Waals surface area contributed by atoms with Crippen molar-refractivity contribution in [2.75, 3.05) is 0 Å². The van der Waals surface area contributed by atoms with Gasteiger partial charge in [-0.15, -0.1) is 0 Å². The van der Waals surface area contributed by atoms with Crippen LogP contribution < -0.4 is 11.5 Å². The number of rotatable bonds is 6. The van der Waals surface area contributed by atoms with Crippen molar-refractivity contribution in [2.24, 2.45) is 11.5 Å². The fourth-order valence-electron chi connectivity index (χ4n) is 1.98. The SMILES string of the molecule is CC(C)=C(C)CC(N)/C(C)=C/Cc1cccc(C(N)=O)c1. The molecule has 1 atom stereocenters. The predicted octanol–water partition coefficient (Wildman–Crippen LogP) is 3.35. The molecule has 0 heterocycles. The molecule has 4 N–H and O–H groups in total. The van der Waals surface area contributed by atoms with E-state index in [0.29, 0.717) is 5.56 Å². The smallest absolute Gasteiger partial charge is 0.248 e. The summed E-state index contributed by atoms with van der Waals surface area (Å²) >= 11 is 0. The van der Waals surface area contributed by atoms with Gasteiger partial charge in [-0.05, 0) is 58.2 Å². The highest BCUT2D eigenvalue weighted by Crippen LogP contribution is 2.15. The van der Waals surface area contributed by atoms with Crippen LogP contribution in [0.15, 0.2) is 47.1 Å². The van der Waals surface area contributed by atoms with Crippen LogP contribution in [0, 0.1) is 0 Å². The van der Waals surface area contributed by atoms with Crippen LogP contribution in [0.25, 0.3) is 0 Å². The van der Waals surface area contributed by atoms with Crippen molar-refractivity contribution in [2.45, 2.75) is 46.6 Å². The number of amides is 1. The quantitative estimate of drug-likeness (QED) is 0.787. The maximum Gasteiger partial charge on any atom is 0.248 e.